The number of nitrogens with one attached hydrogen (secondary N) is 1. The minimum atomic E-state index is 0.0259. The lowest BCUT2D eigenvalue weighted by atomic mass is 10.3. The van der Waals surface area contributed by atoms with Crippen LogP contribution < -0.4 is 11.1 Å². The Morgan fingerprint density at radius 1 is 1.47 bits per heavy atom. The van der Waals surface area contributed by atoms with Crippen LogP contribution in [0.5, 0.6) is 0 Å². The van der Waals surface area contributed by atoms with Gasteiger partial charge < -0.3 is 11.1 Å². The molecule has 3 N–H and O–H groups in total. The molecule has 0 bridgehead atoms. The second-order valence-electron chi connectivity index (χ2n) is 4.22. The highest BCUT2D eigenvalue weighted by atomic mass is 35.5. The molecule has 0 aliphatic heterocycles. The molecule has 2 heterocycles. The van der Waals surface area contributed by atoms with Crippen LogP contribution in [0.3, 0.4) is 0 Å². The van der Waals surface area contributed by atoms with Crippen LogP contribution in [0.1, 0.15) is 35.5 Å². The number of aryl methyl sites for hydroxylation is 2. The summed E-state index contributed by atoms with van der Waals surface area (Å²) in [5, 5.41) is 4.43. The van der Waals surface area contributed by atoms with Crippen molar-refractivity contribution in [1.29, 1.82) is 0 Å². The minimum absolute atomic E-state index is 0.0259. The predicted octanol–water partition coefficient (Wildman–Crippen LogP) is 3.21. The van der Waals surface area contributed by atoms with Crippen molar-refractivity contribution >= 4 is 34.4 Å². The Morgan fingerprint density at radius 2 is 2.21 bits per heavy atom. The quantitative estimate of drug-likeness (QED) is 0.847. The van der Waals surface area contributed by atoms with E-state index in [0.717, 1.165) is 11.4 Å². The first-order chi connectivity index (χ1) is 9.01. The maximum atomic E-state index is 5.95. The van der Waals surface area contributed by atoms with E-state index in [9.17, 15) is 0 Å². The molecule has 5 nitrogen and oxygen atoms in total. The first-order valence-electron chi connectivity index (χ1n) is 6.02. The maximum absolute atomic E-state index is 5.95. The highest BCUT2D eigenvalue weighted by Crippen LogP contribution is 2.27. The normalized spacial score (nSPS) is 12.4. The monoisotopic (exact) mass is 297 g/mol. The third-order valence-corrected chi connectivity index (χ3v) is 4.25. The fourth-order valence-corrected chi connectivity index (χ4v) is 2.68. The molecule has 0 radical (unpaired) electrons. The van der Waals surface area contributed by atoms with Crippen molar-refractivity contribution < 1.29 is 0 Å². The molecule has 0 amide bonds. The van der Waals surface area contributed by atoms with Gasteiger partial charge >= 0.3 is 0 Å². The largest absolute Gasteiger partial charge is 0.394 e. The zero-order chi connectivity index (χ0) is 14.0. The average molecular weight is 298 g/mol. The summed E-state index contributed by atoms with van der Waals surface area (Å²) < 4.78 is 0. The molecule has 0 aliphatic carbocycles. The number of aromatic nitrogens is 3. The predicted molar refractivity (Wildman–Crippen MR) is 79.7 cm³/mol. The van der Waals surface area contributed by atoms with E-state index in [0.29, 0.717) is 17.2 Å². The maximum Gasteiger partial charge on any atom is 0.224 e. The number of halogens is 1. The van der Waals surface area contributed by atoms with Crippen LogP contribution >= 0.6 is 22.9 Å². The van der Waals surface area contributed by atoms with Gasteiger partial charge in [0.2, 0.25) is 5.28 Å². The van der Waals surface area contributed by atoms with E-state index < -0.39 is 0 Å². The van der Waals surface area contributed by atoms with Crippen LogP contribution in [-0.4, -0.2) is 15.0 Å². The van der Waals surface area contributed by atoms with Gasteiger partial charge in [-0.2, -0.15) is 4.98 Å². The molecule has 0 aliphatic rings. The van der Waals surface area contributed by atoms with E-state index >= 15 is 0 Å². The van der Waals surface area contributed by atoms with E-state index in [4.69, 9.17) is 17.3 Å². The number of hydrogen-bond acceptors (Lipinski definition) is 6. The van der Waals surface area contributed by atoms with Crippen molar-refractivity contribution in [2.45, 2.75) is 33.2 Å². The molecule has 19 heavy (non-hydrogen) atoms. The summed E-state index contributed by atoms with van der Waals surface area (Å²) in [6.45, 7) is 5.93. The van der Waals surface area contributed by atoms with Gasteiger partial charge in [-0.25, -0.2) is 9.97 Å². The molecular formula is C12H16ClN5S. The fraction of sp³-hybridized carbons (Fsp3) is 0.417. The Balaban J connectivity index is 2.21. The lowest BCUT2D eigenvalue weighted by molar-refractivity contribution is 0.858. The number of thiazole rings is 1. The second kappa shape index (κ2) is 5.71. The van der Waals surface area contributed by atoms with Crippen molar-refractivity contribution in [3.05, 3.63) is 27.1 Å². The van der Waals surface area contributed by atoms with Crippen molar-refractivity contribution in [3.63, 3.8) is 0 Å². The lowest BCUT2D eigenvalue weighted by Crippen LogP contribution is -2.11. The third kappa shape index (κ3) is 3.13. The highest BCUT2D eigenvalue weighted by Gasteiger charge is 2.14. The molecule has 0 saturated carbocycles. The summed E-state index contributed by atoms with van der Waals surface area (Å²) >= 11 is 7.53. The number of nitrogen functional groups attached to an aromatic ring is 1. The first kappa shape index (κ1) is 14.0. The van der Waals surface area contributed by atoms with Crippen LogP contribution in [-0.2, 0) is 6.42 Å². The average Bonchev–Trinajstić information content (AvgIpc) is 2.84. The van der Waals surface area contributed by atoms with E-state index in [1.165, 1.54) is 4.88 Å². The Kier molecular flexibility index (Phi) is 4.21. The van der Waals surface area contributed by atoms with Gasteiger partial charge in [0.15, 0.2) is 5.82 Å². The summed E-state index contributed by atoms with van der Waals surface area (Å²) in [5.74, 6) is 0.554. The van der Waals surface area contributed by atoms with Gasteiger partial charge in [-0.3, -0.25) is 0 Å². The smallest absolute Gasteiger partial charge is 0.224 e. The molecule has 2 rings (SSSR count). The van der Waals surface area contributed by atoms with Crippen molar-refractivity contribution in [3.8, 4) is 0 Å². The number of rotatable bonds is 4. The molecule has 0 spiro atoms. The van der Waals surface area contributed by atoms with E-state index in [1.807, 2.05) is 13.1 Å². The molecular weight excluding hydrogens is 282 g/mol. The number of nitrogens with zero attached hydrogens (tertiary/aromatic N) is 3. The number of nitrogens with two attached hydrogens (primary N) is 1. The third-order valence-electron chi connectivity index (χ3n) is 2.75. The van der Waals surface area contributed by atoms with Crippen LogP contribution in [0.2, 0.25) is 5.28 Å². The standard InChI is InChI=1S/C12H16ClN5S/c1-4-8-5-15-11(19-8)7(3)16-10-9(14)6(2)17-12(13)18-10/h5,7H,4,14H2,1-3H3,(H,16,17,18). The summed E-state index contributed by atoms with van der Waals surface area (Å²) in [6.07, 6.45) is 2.89. The van der Waals surface area contributed by atoms with Crippen molar-refractivity contribution in [1.82, 2.24) is 15.0 Å². The zero-order valence-electron chi connectivity index (χ0n) is 11.1. The first-order valence-corrected chi connectivity index (χ1v) is 7.21. The van der Waals surface area contributed by atoms with Gasteiger partial charge in [0, 0.05) is 11.1 Å². The Hall–Kier alpha value is -1.40. The molecule has 102 valence electrons. The Bertz CT molecular complexity index is 583. The van der Waals surface area contributed by atoms with Crippen molar-refractivity contribution in [2.24, 2.45) is 0 Å². The van der Waals surface area contributed by atoms with Crippen LogP contribution in [0.15, 0.2) is 6.20 Å². The van der Waals surface area contributed by atoms with Crippen LogP contribution in [0.25, 0.3) is 0 Å². The van der Waals surface area contributed by atoms with Crippen molar-refractivity contribution in [2.75, 3.05) is 11.1 Å². The molecule has 7 heteroatoms. The molecule has 1 unspecified atom stereocenters. The molecule has 0 saturated heterocycles. The number of anilines is 2. The Morgan fingerprint density at radius 3 is 2.84 bits per heavy atom. The van der Waals surface area contributed by atoms with Gasteiger partial charge in [-0.15, -0.1) is 11.3 Å². The highest BCUT2D eigenvalue weighted by molar-refractivity contribution is 7.11. The van der Waals surface area contributed by atoms with E-state index in [2.05, 4.69) is 27.2 Å². The Labute approximate surface area is 121 Å². The topological polar surface area (TPSA) is 76.7 Å². The van der Waals surface area contributed by atoms with E-state index in [-0.39, 0.29) is 11.3 Å². The van der Waals surface area contributed by atoms with Gasteiger partial charge in [0.1, 0.15) is 5.01 Å². The van der Waals surface area contributed by atoms with Crippen LogP contribution in [0.4, 0.5) is 11.5 Å². The van der Waals surface area contributed by atoms with Crippen LogP contribution in [0, 0.1) is 6.92 Å². The lowest BCUT2D eigenvalue weighted by Gasteiger charge is -2.14. The van der Waals surface area contributed by atoms with Gasteiger partial charge in [-0.05, 0) is 31.9 Å². The molecule has 1 atom stereocenters. The minimum Gasteiger partial charge on any atom is -0.394 e. The molecule has 0 fully saturated rings. The molecule has 2 aromatic rings. The number of hydrogen-bond donors (Lipinski definition) is 2. The summed E-state index contributed by atoms with van der Waals surface area (Å²) in [7, 11) is 0. The van der Waals surface area contributed by atoms with Gasteiger partial charge in [-0.1, -0.05) is 6.92 Å². The van der Waals surface area contributed by atoms with E-state index in [1.54, 1.807) is 18.3 Å². The molecule has 0 aromatic carbocycles. The summed E-state index contributed by atoms with van der Waals surface area (Å²) in [5.41, 5.74) is 7.13. The van der Waals surface area contributed by atoms with Gasteiger partial charge in [0.05, 0.1) is 17.4 Å². The zero-order valence-corrected chi connectivity index (χ0v) is 12.6. The summed E-state index contributed by atoms with van der Waals surface area (Å²) in [6, 6.07) is 0.0259. The SMILES string of the molecule is CCc1cnc(C(C)Nc2nc(Cl)nc(C)c2N)s1. The summed E-state index contributed by atoms with van der Waals surface area (Å²) in [4.78, 5) is 13.8. The fourth-order valence-electron chi connectivity index (χ4n) is 1.61. The second-order valence-corrected chi connectivity index (χ2v) is 5.71. The van der Waals surface area contributed by atoms with Gasteiger partial charge in [0.25, 0.3) is 0 Å². The molecule has 2 aromatic heterocycles.